The van der Waals surface area contributed by atoms with E-state index >= 15 is 0 Å². The van der Waals surface area contributed by atoms with E-state index in [1.54, 1.807) is 0 Å². The highest BCUT2D eigenvalue weighted by atomic mass is 16.8. The summed E-state index contributed by atoms with van der Waals surface area (Å²) in [5, 5.41) is 0. The SMILES string of the molecule is NC1CCC2(CC1)OCC(Cc1ccccc1)(Cc1ccccc1)O2. The summed E-state index contributed by atoms with van der Waals surface area (Å²) in [6.45, 7) is 0.645. The summed E-state index contributed by atoms with van der Waals surface area (Å²) in [4.78, 5) is 0. The van der Waals surface area contributed by atoms with Crippen LogP contribution >= 0.6 is 0 Å². The lowest BCUT2D eigenvalue weighted by Gasteiger charge is -2.37. The molecule has 2 aromatic rings. The molecule has 1 heterocycles. The largest absolute Gasteiger partial charge is 0.347 e. The fourth-order valence-corrected chi connectivity index (χ4v) is 4.22. The van der Waals surface area contributed by atoms with Crippen molar-refractivity contribution in [2.75, 3.05) is 6.61 Å². The topological polar surface area (TPSA) is 44.5 Å². The molecule has 1 spiro atoms. The molecule has 2 N–H and O–H groups in total. The smallest absolute Gasteiger partial charge is 0.169 e. The summed E-state index contributed by atoms with van der Waals surface area (Å²) in [7, 11) is 0. The Morgan fingerprint density at radius 3 is 1.88 bits per heavy atom. The lowest BCUT2D eigenvalue weighted by Crippen LogP contribution is -2.44. The Bertz CT molecular complexity index is 636. The third-order valence-electron chi connectivity index (χ3n) is 5.53. The molecule has 0 atom stereocenters. The van der Waals surface area contributed by atoms with Gasteiger partial charge in [-0.25, -0.2) is 0 Å². The van der Waals surface area contributed by atoms with Crippen LogP contribution in [-0.4, -0.2) is 24.0 Å². The minimum atomic E-state index is -0.431. The van der Waals surface area contributed by atoms with Crippen LogP contribution < -0.4 is 5.73 Å². The maximum Gasteiger partial charge on any atom is 0.169 e. The molecule has 0 aromatic heterocycles. The lowest BCUT2D eigenvalue weighted by atomic mass is 9.87. The normalized spacial score (nSPS) is 28.3. The molecule has 2 aromatic carbocycles. The van der Waals surface area contributed by atoms with E-state index in [4.69, 9.17) is 15.2 Å². The first-order valence-electron chi connectivity index (χ1n) is 9.35. The number of benzene rings is 2. The van der Waals surface area contributed by atoms with Crippen molar-refractivity contribution in [1.82, 2.24) is 0 Å². The van der Waals surface area contributed by atoms with Crippen molar-refractivity contribution in [2.24, 2.45) is 5.73 Å². The van der Waals surface area contributed by atoms with Crippen LogP contribution in [0.1, 0.15) is 36.8 Å². The molecule has 3 heteroatoms. The molecular weight excluding hydrogens is 310 g/mol. The first-order chi connectivity index (χ1) is 12.2. The second-order valence-electron chi connectivity index (χ2n) is 7.65. The van der Waals surface area contributed by atoms with Crippen LogP contribution in [0.2, 0.25) is 0 Å². The van der Waals surface area contributed by atoms with Gasteiger partial charge in [-0.2, -0.15) is 0 Å². The van der Waals surface area contributed by atoms with E-state index < -0.39 is 5.79 Å². The average Bonchev–Trinajstić information content (AvgIpc) is 2.98. The molecular formula is C22H27NO2. The molecule has 1 aliphatic carbocycles. The zero-order chi connectivity index (χ0) is 17.2. The third-order valence-corrected chi connectivity index (χ3v) is 5.53. The van der Waals surface area contributed by atoms with Gasteiger partial charge in [0.15, 0.2) is 5.79 Å². The zero-order valence-electron chi connectivity index (χ0n) is 14.7. The number of hydrogen-bond acceptors (Lipinski definition) is 3. The fourth-order valence-electron chi connectivity index (χ4n) is 4.22. The Labute approximate surface area is 150 Å². The van der Waals surface area contributed by atoms with Gasteiger partial charge in [0.1, 0.15) is 5.60 Å². The summed E-state index contributed by atoms with van der Waals surface area (Å²) in [5.41, 5.74) is 8.38. The molecule has 25 heavy (non-hydrogen) atoms. The van der Waals surface area contributed by atoms with Gasteiger partial charge in [0.2, 0.25) is 0 Å². The van der Waals surface area contributed by atoms with E-state index in [0.717, 1.165) is 38.5 Å². The summed E-state index contributed by atoms with van der Waals surface area (Å²) in [6.07, 6.45) is 5.51. The summed E-state index contributed by atoms with van der Waals surface area (Å²) in [6, 6.07) is 21.5. The van der Waals surface area contributed by atoms with Gasteiger partial charge < -0.3 is 15.2 Å². The second kappa shape index (κ2) is 6.91. The molecule has 1 saturated heterocycles. The fraction of sp³-hybridized carbons (Fsp3) is 0.455. The molecule has 132 valence electrons. The summed E-state index contributed by atoms with van der Waals surface area (Å²) < 4.78 is 13.1. The van der Waals surface area contributed by atoms with Crippen molar-refractivity contribution < 1.29 is 9.47 Å². The minimum absolute atomic E-state index is 0.288. The monoisotopic (exact) mass is 337 g/mol. The number of hydrogen-bond donors (Lipinski definition) is 1. The number of rotatable bonds is 4. The molecule has 2 aliphatic rings. The average molecular weight is 337 g/mol. The van der Waals surface area contributed by atoms with Crippen molar-refractivity contribution >= 4 is 0 Å². The van der Waals surface area contributed by atoms with Gasteiger partial charge in [-0.3, -0.25) is 0 Å². The van der Waals surface area contributed by atoms with Gasteiger partial charge in [-0.15, -0.1) is 0 Å². The van der Waals surface area contributed by atoms with Crippen LogP contribution in [0.4, 0.5) is 0 Å². The lowest BCUT2D eigenvalue weighted by molar-refractivity contribution is -0.206. The number of nitrogens with two attached hydrogens (primary N) is 1. The van der Waals surface area contributed by atoms with Crippen molar-refractivity contribution in [3.8, 4) is 0 Å². The molecule has 1 saturated carbocycles. The Morgan fingerprint density at radius 1 is 0.840 bits per heavy atom. The van der Waals surface area contributed by atoms with Crippen molar-refractivity contribution in [3.05, 3.63) is 71.8 Å². The highest BCUT2D eigenvalue weighted by Gasteiger charge is 2.51. The van der Waals surface area contributed by atoms with E-state index in [1.807, 2.05) is 0 Å². The second-order valence-corrected chi connectivity index (χ2v) is 7.65. The molecule has 0 bridgehead atoms. The van der Waals surface area contributed by atoms with E-state index in [2.05, 4.69) is 60.7 Å². The molecule has 4 rings (SSSR count). The molecule has 1 aliphatic heterocycles. The van der Waals surface area contributed by atoms with Crippen molar-refractivity contribution in [2.45, 2.75) is 56.0 Å². The summed E-state index contributed by atoms with van der Waals surface area (Å²) >= 11 is 0. The highest BCUT2D eigenvalue weighted by molar-refractivity contribution is 5.22. The van der Waals surface area contributed by atoms with Crippen LogP contribution in [0.25, 0.3) is 0 Å². The van der Waals surface area contributed by atoms with E-state index in [0.29, 0.717) is 6.61 Å². The van der Waals surface area contributed by atoms with Gasteiger partial charge in [-0.1, -0.05) is 60.7 Å². The van der Waals surface area contributed by atoms with E-state index in [-0.39, 0.29) is 11.6 Å². The quantitative estimate of drug-likeness (QED) is 0.921. The predicted molar refractivity (Wildman–Crippen MR) is 99.2 cm³/mol. The van der Waals surface area contributed by atoms with Crippen LogP contribution in [-0.2, 0) is 22.3 Å². The Morgan fingerprint density at radius 2 is 1.36 bits per heavy atom. The Balaban J connectivity index is 1.58. The van der Waals surface area contributed by atoms with Crippen LogP contribution in [0.15, 0.2) is 60.7 Å². The Kier molecular flexibility index (Phi) is 4.63. The van der Waals surface area contributed by atoms with Gasteiger partial charge in [0.05, 0.1) is 6.61 Å². The Hall–Kier alpha value is -1.68. The molecule has 0 radical (unpaired) electrons. The first kappa shape index (κ1) is 16.8. The van der Waals surface area contributed by atoms with E-state index in [9.17, 15) is 0 Å². The van der Waals surface area contributed by atoms with Gasteiger partial charge in [0, 0.05) is 31.7 Å². The first-order valence-corrected chi connectivity index (χ1v) is 9.35. The molecule has 0 unspecified atom stereocenters. The van der Waals surface area contributed by atoms with Gasteiger partial charge in [0.25, 0.3) is 0 Å². The zero-order valence-corrected chi connectivity index (χ0v) is 14.7. The van der Waals surface area contributed by atoms with Crippen LogP contribution in [0.5, 0.6) is 0 Å². The maximum absolute atomic E-state index is 6.76. The van der Waals surface area contributed by atoms with Crippen molar-refractivity contribution in [3.63, 3.8) is 0 Å². The standard InChI is InChI=1S/C22H27NO2/c23-20-11-13-22(14-12-20)24-17-21(25-22,15-18-7-3-1-4-8-18)16-19-9-5-2-6-10-19/h1-10,20H,11-17,23H2. The summed E-state index contributed by atoms with van der Waals surface area (Å²) in [5.74, 6) is -0.431. The third kappa shape index (κ3) is 3.79. The maximum atomic E-state index is 6.76. The van der Waals surface area contributed by atoms with E-state index in [1.165, 1.54) is 11.1 Å². The van der Waals surface area contributed by atoms with Crippen LogP contribution in [0.3, 0.4) is 0 Å². The molecule has 2 fully saturated rings. The molecule has 3 nitrogen and oxygen atoms in total. The number of ether oxygens (including phenoxy) is 2. The van der Waals surface area contributed by atoms with Crippen LogP contribution in [0, 0.1) is 0 Å². The van der Waals surface area contributed by atoms with Gasteiger partial charge in [-0.05, 0) is 24.0 Å². The van der Waals surface area contributed by atoms with Gasteiger partial charge >= 0.3 is 0 Å². The predicted octanol–water partition coefficient (Wildman–Crippen LogP) is 3.86. The highest BCUT2D eigenvalue weighted by Crippen LogP contribution is 2.44. The molecule has 0 amide bonds. The van der Waals surface area contributed by atoms with Crippen molar-refractivity contribution in [1.29, 1.82) is 0 Å². The minimum Gasteiger partial charge on any atom is -0.347 e.